The monoisotopic (exact) mass is 338 g/mol. The van der Waals surface area contributed by atoms with E-state index in [1.807, 2.05) is 12.1 Å². The molecular weight excluding hydrogens is 312 g/mol. The summed E-state index contributed by atoms with van der Waals surface area (Å²) in [5, 5.41) is 1.28. The summed E-state index contributed by atoms with van der Waals surface area (Å²) in [6.07, 6.45) is 3.09. The van der Waals surface area contributed by atoms with E-state index in [0.29, 0.717) is 0 Å². The number of methoxy groups -OCH3 is 2. The minimum absolute atomic E-state index is 0.725. The van der Waals surface area contributed by atoms with Crippen molar-refractivity contribution in [1.29, 1.82) is 0 Å². The number of hydrogen-bond donors (Lipinski definition) is 2. The predicted octanol–water partition coefficient (Wildman–Crippen LogP) is 4.44. The molecule has 1 heterocycles. The van der Waals surface area contributed by atoms with Crippen LogP contribution in [0.15, 0.2) is 36.4 Å². The molecule has 0 atom stereocenters. The van der Waals surface area contributed by atoms with E-state index in [1.165, 1.54) is 22.0 Å². The molecule has 0 aliphatic heterocycles. The van der Waals surface area contributed by atoms with Gasteiger partial charge < -0.3 is 20.2 Å². The zero-order valence-electron chi connectivity index (χ0n) is 15.2. The molecule has 0 radical (unpaired) electrons. The first-order valence-electron chi connectivity index (χ1n) is 8.72. The van der Waals surface area contributed by atoms with Crippen LogP contribution in [-0.4, -0.2) is 25.7 Å². The number of benzene rings is 2. The van der Waals surface area contributed by atoms with Crippen molar-refractivity contribution in [3.05, 3.63) is 47.5 Å². The summed E-state index contributed by atoms with van der Waals surface area (Å²) < 4.78 is 11.0. The molecule has 0 amide bonds. The van der Waals surface area contributed by atoms with Gasteiger partial charge in [-0.25, -0.2) is 0 Å². The number of rotatable bonds is 7. The molecule has 0 aliphatic carbocycles. The molecule has 0 bridgehead atoms. The van der Waals surface area contributed by atoms with Crippen LogP contribution in [0.3, 0.4) is 0 Å². The topological polar surface area (TPSA) is 60.3 Å². The van der Waals surface area contributed by atoms with Gasteiger partial charge in [0, 0.05) is 22.5 Å². The van der Waals surface area contributed by atoms with Crippen LogP contribution in [0, 0.1) is 6.92 Å². The molecule has 0 fully saturated rings. The van der Waals surface area contributed by atoms with Crippen LogP contribution in [0.5, 0.6) is 11.5 Å². The first-order valence-corrected chi connectivity index (χ1v) is 8.72. The lowest BCUT2D eigenvalue weighted by Crippen LogP contribution is -1.99. The molecule has 0 aliphatic rings. The maximum absolute atomic E-state index is 5.69. The molecule has 3 aromatic rings. The Morgan fingerprint density at radius 1 is 1.04 bits per heavy atom. The Hall–Kier alpha value is -2.46. The number of nitrogens with one attached hydrogen (secondary N) is 1. The van der Waals surface area contributed by atoms with E-state index in [4.69, 9.17) is 15.2 Å². The highest BCUT2D eigenvalue weighted by atomic mass is 16.5. The summed E-state index contributed by atoms with van der Waals surface area (Å²) in [6, 6.07) is 12.4. The van der Waals surface area contributed by atoms with Crippen LogP contribution in [0.2, 0.25) is 0 Å². The number of aromatic nitrogens is 1. The third-order valence-electron chi connectivity index (χ3n) is 4.71. The Morgan fingerprint density at radius 3 is 2.60 bits per heavy atom. The zero-order chi connectivity index (χ0) is 17.8. The molecular formula is C21H26N2O2. The molecule has 0 unspecified atom stereocenters. The van der Waals surface area contributed by atoms with E-state index >= 15 is 0 Å². The largest absolute Gasteiger partial charge is 0.497 e. The van der Waals surface area contributed by atoms with Crippen molar-refractivity contribution >= 4 is 10.9 Å². The summed E-state index contributed by atoms with van der Waals surface area (Å²) in [4.78, 5) is 3.64. The van der Waals surface area contributed by atoms with Crippen molar-refractivity contribution in [3.8, 4) is 22.8 Å². The van der Waals surface area contributed by atoms with E-state index in [9.17, 15) is 0 Å². The number of aromatic amines is 1. The van der Waals surface area contributed by atoms with Crippen LogP contribution in [0.25, 0.3) is 22.2 Å². The van der Waals surface area contributed by atoms with Gasteiger partial charge in [0.15, 0.2) is 0 Å². The molecule has 3 rings (SSSR count). The first kappa shape index (κ1) is 17.4. The lowest BCUT2D eigenvalue weighted by atomic mass is 9.99. The number of H-pyrrole nitrogens is 1. The number of ether oxygens (including phenoxy) is 2. The van der Waals surface area contributed by atoms with Crippen LogP contribution in [-0.2, 0) is 6.42 Å². The average molecular weight is 338 g/mol. The number of nitrogens with two attached hydrogens (primary N) is 1. The van der Waals surface area contributed by atoms with Gasteiger partial charge in [-0.1, -0.05) is 18.2 Å². The summed E-state index contributed by atoms with van der Waals surface area (Å²) in [5.74, 6) is 1.60. The highest BCUT2D eigenvalue weighted by Gasteiger charge is 2.17. The Labute approximate surface area is 149 Å². The molecule has 25 heavy (non-hydrogen) atoms. The fourth-order valence-electron chi connectivity index (χ4n) is 3.36. The Bertz CT molecular complexity index is 868. The standard InChI is InChI=1S/C21H26N2O2/c1-14-7-6-9-16-17(8-4-5-12-22)21(23-20(14)16)18-11-10-15(24-2)13-19(18)25-3/h6-7,9-11,13,23H,4-5,8,12,22H2,1-3H3. The molecule has 1 aromatic heterocycles. The molecule has 132 valence electrons. The van der Waals surface area contributed by atoms with Crippen LogP contribution >= 0.6 is 0 Å². The number of aryl methyl sites for hydroxylation is 2. The maximum Gasteiger partial charge on any atom is 0.131 e. The normalized spacial score (nSPS) is 11.0. The van der Waals surface area contributed by atoms with Gasteiger partial charge in [-0.15, -0.1) is 0 Å². The van der Waals surface area contributed by atoms with Crippen molar-refractivity contribution < 1.29 is 9.47 Å². The van der Waals surface area contributed by atoms with E-state index in [0.717, 1.165) is 48.6 Å². The summed E-state index contributed by atoms with van der Waals surface area (Å²) >= 11 is 0. The second-order valence-electron chi connectivity index (χ2n) is 6.29. The second kappa shape index (κ2) is 7.62. The third kappa shape index (κ3) is 3.35. The number of fused-ring (bicyclic) bond motifs is 1. The summed E-state index contributed by atoms with van der Waals surface area (Å²) in [5.41, 5.74) is 11.6. The number of unbranched alkanes of at least 4 members (excludes halogenated alkanes) is 1. The van der Waals surface area contributed by atoms with Crippen molar-refractivity contribution in [2.75, 3.05) is 20.8 Å². The van der Waals surface area contributed by atoms with E-state index in [2.05, 4.69) is 36.2 Å². The van der Waals surface area contributed by atoms with Crippen molar-refractivity contribution in [2.45, 2.75) is 26.2 Å². The minimum Gasteiger partial charge on any atom is -0.497 e. The smallest absolute Gasteiger partial charge is 0.131 e. The van der Waals surface area contributed by atoms with Gasteiger partial charge >= 0.3 is 0 Å². The van der Waals surface area contributed by atoms with Gasteiger partial charge in [0.25, 0.3) is 0 Å². The lowest BCUT2D eigenvalue weighted by Gasteiger charge is -2.11. The molecule has 3 N–H and O–H groups in total. The Balaban J connectivity index is 2.17. The van der Waals surface area contributed by atoms with Gasteiger partial charge in [-0.3, -0.25) is 0 Å². The van der Waals surface area contributed by atoms with Crippen molar-refractivity contribution in [2.24, 2.45) is 5.73 Å². The fourth-order valence-corrected chi connectivity index (χ4v) is 3.36. The van der Waals surface area contributed by atoms with E-state index in [1.54, 1.807) is 14.2 Å². The molecule has 0 saturated heterocycles. The van der Waals surface area contributed by atoms with Gasteiger partial charge in [0.1, 0.15) is 11.5 Å². The fraction of sp³-hybridized carbons (Fsp3) is 0.333. The average Bonchev–Trinajstić information content (AvgIpc) is 3.01. The third-order valence-corrected chi connectivity index (χ3v) is 4.71. The first-order chi connectivity index (χ1) is 12.2. The Kier molecular flexibility index (Phi) is 5.29. The quantitative estimate of drug-likeness (QED) is 0.626. The highest BCUT2D eigenvalue weighted by molar-refractivity contribution is 5.93. The minimum atomic E-state index is 0.725. The molecule has 4 nitrogen and oxygen atoms in total. The van der Waals surface area contributed by atoms with Crippen LogP contribution in [0.1, 0.15) is 24.0 Å². The van der Waals surface area contributed by atoms with Gasteiger partial charge in [-0.2, -0.15) is 0 Å². The SMILES string of the molecule is COc1ccc(-c2[nH]c3c(C)cccc3c2CCCCN)c(OC)c1. The second-order valence-corrected chi connectivity index (χ2v) is 6.29. The number of hydrogen-bond acceptors (Lipinski definition) is 3. The van der Waals surface area contributed by atoms with Crippen LogP contribution in [0.4, 0.5) is 0 Å². The predicted molar refractivity (Wildman–Crippen MR) is 104 cm³/mol. The van der Waals surface area contributed by atoms with Crippen molar-refractivity contribution in [1.82, 2.24) is 4.98 Å². The zero-order valence-corrected chi connectivity index (χ0v) is 15.2. The maximum atomic E-state index is 5.69. The lowest BCUT2D eigenvalue weighted by molar-refractivity contribution is 0.395. The number of para-hydroxylation sites is 1. The molecule has 4 heteroatoms. The molecule has 2 aromatic carbocycles. The highest BCUT2D eigenvalue weighted by Crippen LogP contribution is 2.38. The van der Waals surface area contributed by atoms with Crippen LogP contribution < -0.4 is 15.2 Å². The molecule has 0 spiro atoms. The Morgan fingerprint density at radius 2 is 1.88 bits per heavy atom. The van der Waals surface area contributed by atoms with Gasteiger partial charge in [-0.05, 0) is 56.0 Å². The van der Waals surface area contributed by atoms with Crippen molar-refractivity contribution in [3.63, 3.8) is 0 Å². The van der Waals surface area contributed by atoms with E-state index in [-0.39, 0.29) is 0 Å². The van der Waals surface area contributed by atoms with Gasteiger partial charge in [0.05, 0.1) is 19.9 Å². The summed E-state index contributed by atoms with van der Waals surface area (Å²) in [7, 11) is 3.36. The summed E-state index contributed by atoms with van der Waals surface area (Å²) in [6.45, 7) is 2.86. The molecule has 0 saturated carbocycles. The van der Waals surface area contributed by atoms with Gasteiger partial charge in [0.2, 0.25) is 0 Å². The van der Waals surface area contributed by atoms with E-state index < -0.39 is 0 Å².